The van der Waals surface area contributed by atoms with Gasteiger partial charge in [-0.2, -0.15) is 0 Å². The standard InChI is InChI=1S/C18H24N2O2/c1-3-12-4-6-17(20-11-12)18(21)14-8-9-19-16-7-5-13(22-2)10-15(14)16/h5,7-10,12,17-18,20-21H,3-4,6,11H2,1-2H3/t12-,17+,18-/m1/s1. The van der Waals surface area contributed by atoms with Crippen molar-refractivity contribution >= 4 is 10.9 Å². The summed E-state index contributed by atoms with van der Waals surface area (Å²) in [5, 5.41) is 15.3. The minimum Gasteiger partial charge on any atom is -0.497 e. The van der Waals surface area contributed by atoms with Gasteiger partial charge in [0.15, 0.2) is 0 Å². The molecule has 2 N–H and O–H groups in total. The van der Waals surface area contributed by atoms with Gasteiger partial charge in [0.25, 0.3) is 0 Å². The highest BCUT2D eigenvalue weighted by Gasteiger charge is 2.27. The summed E-state index contributed by atoms with van der Waals surface area (Å²) in [6.45, 7) is 3.22. The molecule has 4 nitrogen and oxygen atoms in total. The molecule has 1 aromatic carbocycles. The summed E-state index contributed by atoms with van der Waals surface area (Å²) in [6, 6.07) is 7.82. The molecule has 118 valence electrons. The number of rotatable bonds is 4. The van der Waals surface area contributed by atoms with Crippen molar-refractivity contribution in [3.05, 3.63) is 36.0 Å². The van der Waals surface area contributed by atoms with E-state index in [4.69, 9.17) is 4.74 Å². The van der Waals surface area contributed by atoms with Crippen LogP contribution in [-0.4, -0.2) is 29.8 Å². The minimum absolute atomic E-state index is 0.111. The Balaban J connectivity index is 1.89. The zero-order valence-electron chi connectivity index (χ0n) is 13.2. The predicted molar refractivity (Wildman–Crippen MR) is 88.1 cm³/mol. The molecule has 0 amide bonds. The van der Waals surface area contributed by atoms with E-state index in [2.05, 4.69) is 17.2 Å². The number of piperidine rings is 1. The number of pyridine rings is 1. The third-order valence-corrected chi connectivity index (χ3v) is 4.81. The largest absolute Gasteiger partial charge is 0.497 e. The fourth-order valence-electron chi connectivity index (χ4n) is 3.30. The molecule has 22 heavy (non-hydrogen) atoms. The van der Waals surface area contributed by atoms with Crippen molar-refractivity contribution in [2.75, 3.05) is 13.7 Å². The van der Waals surface area contributed by atoms with E-state index >= 15 is 0 Å². The van der Waals surface area contributed by atoms with Gasteiger partial charge in [0.1, 0.15) is 5.75 Å². The van der Waals surface area contributed by atoms with Gasteiger partial charge in [0, 0.05) is 17.6 Å². The van der Waals surface area contributed by atoms with Crippen molar-refractivity contribution in [3.8, 4) is 5.75 Å². The number of nitrogens with one attached hydrogen (secondary N) is 1. The molecule has 3 atom stereocenters. The number of aliphatic hydroxyl groups excluding tert-OH is 1. The quantitative estimate of drug-likeness (QED) is 0.911. The Morgan fingerprint density at radius 1 is 1.36 bits per heavy atom. The van der Waals surface area contributed by atoms with Gasteiger partial charge in [0.2, 0.25) is 0 Å². The lowest BCUT2D eigenvalue weighted by Crippen LogP contribution is -2.42. The number of methoxy groups -OCH3 is 1. The summed E-state index contributed by atoms with van der Waals surface area (Å²) in [4.78, 5) is 4.38. The Hall–Kier alpha value is -1.65. The number of benzene rings is 1. The van der Waals surface area contributed by atoms with Crippen molar-refractivity contribution < 1.29 is 9.84 Å². The second-order valence-electron chi connectivity index (χ2n) is 6.09. The molecule has 2 aromatic rings. The van der Waals surface area contributed by atoms with Gasteiger partial charge in [-0.1, -0.05) is 13.3 Å². The van der Waals surface area contributed by atoms with Crippen LogP contribution in [-0.2, 0) is 0 Å². The normalized spacial score (nSPS) is 23.4. The molecular weight excluding hydrogens is 276 g/mol. The van der Waals surface area contributed by atoms with Crippen LogP contribution in [0.25, 0.3) is 10.9 Å². The van der Waals surface area contributed by atoms with Gasteiger partial charge in [-0.05, 0) is 55.1 Å². The van der Waals surface area contributed by atoms with Gasteiger partial charge >= 0.3 is 0 Å². The van der Waals surface area contributed by atoms with E-state index in [1.165, 1.54) is 12.8 Å². The van der Waals surface area contributed by atoms with Gasteiger partial charge in [0.05, 0.1) is 18.7 Å². The molecule has 0 saturated carbocycles. The van der Waals surface area contributed by atoms with Crippen molar-refractivity contribution in [1.29, 1.82) is 0 Å². The van der Waals surface area contributed by atoms with Gasteiger partial charge in [-0.25, -0.2) is 0 Å². The monoisotopic (exact) mass is 300 g/mol. The van der Waals surface area contributed by atoms with Crippen LogP contribution in [0, 0.1) is 5.92 Å². The number of fused-ring (bicyclic) bond motifs is 1. The molecular formula is C18H24N2O2. The van der Waals surface area contributed by atoms with E-state index < -0.39 is 6.10 Å². The number of aliphatic hydroxyl groups is 1. The molecule has 0 spiro atoms. The van der Waals surface area contributed by atoms with Crippen LogP contribution >= 0.6 is 0 Å². The van der Waals surface area contributed by atoms with Crippen LogP contribution in [0.15, 0.2) is 30.5 Å². The average Bonchev–Trinajstić information content (AvgIpc) is 2.60. The molecule has 1 aliphatic rings. The summed E-state index contributed by atoms with van der Waals surface area (Å²) in [6.07, 6.45) is 4.64. The highest BCUT2D eigenvalue weighted by molar-refractivity contribution is 5.83. The lowest BCUT2D eigenvalue weighted by atomic mass is 9.87. The molecule has 1 aliphatic heterocycles. The molecule has 1 fully saturated rings. The zero-order valence-corrected chi connectivity index (χ0v) is 13.2. The summed E-state index contributed by atoms with van der Waals surface area (Å²) >= 11 is 0. The fourth-order valence-corrected chi connectivity index (χ4v) is 3.30. The first-order valence-electron chi connectivity index (χ1n) is 8.07. The molecule has 0 aliphatic carbocycles. The van der Waals surface area contributed by atoms with Crippen LogP contribution in [0.3, 0.4) is 0 Å². The SMILES string of the molecule is CC[C@@H]1CC[C@@H]([C@H](O)c2ccnc3ccc(OC)cc23)NC1. The second kappa shape index (κ2) is 6.63. The first kappa shape index (κ1) is 15.3. The van der Waals surface area contributed by atoms with E-state index in [0.29, 0.717) is 0 Å². The number of ether oxygens (including phenoxy) is 1. The molecule has 0 radical (unpaired) electrons. The number of hydrogen-bond donors (Lipinski definition) is 2. The third-order valence-electron chi connectivity index (χ3n) is 4.81. The van der Waals surface area contributed by atoms with Gasteiger partial charge in [-0.3, -0.25) is 4.98 Å². The fraction of sp³-hybridized carbons (Fsp3) is 0.500. The second-order valence-corrected chi connectivity index (χ2v) is 6.09. The van der Waals surface area contributed by atoms with Crippen LogP contribution < -0.4 is 10.1 Å². The molecule has 4 heteroatoms. The van der Waals surface area contributed by atoms with E-state index in [9.17, 15) is 5.11 Å². The highest BCUT2D eigenvalue weighted by Crippen LogP contribution is 2.31. The molecule has 0 unspecified atom stereocenters. The first-order chi connectivity index (χ1) is 10.7. The van der Waals surface area contributed by atoms with Crippen LogP contribution in [0.5, 0.6) is 5.75 Å². The van der Waals surface area contributed by atoms with Crippen LogP contribution in [0.2, 0.25) is 0 Å². The maximum Gasteiger partial charge on any atom is 0.119 e. The molecule has 1 saturated heterocycles. The maximum atomic E-state index is 10.8. The lowest BCUT2D eigenvalue weighted by molar-refractivity contribution is 0.104. The first-order valence-corrected chi connectivity index (χ1v) is 8.07. The Morgan fingerprint density at radius 2 is 2.23 bits per heavy atom. The summed E-state index contributed by atoms with van der Waals surface area (Å²) in [5.74, 6) is 1.52. The van der Waals surface area contributed by atoms with Crippen molar-refractivity contribution in [2.24, 2.45) is 5.92 Å². The lowest BCUT2D eigenvalue weighted by Gasteiger charge is -2.32. The maximum absolute atomic E-state index is 10.8. The van der Waals surface area contributed by atoms with Crippen molar-refractivity contribution in [2.45, 2.75) is 38.3 Å². The molecule has 0 bridgehead atoms. The Labute approximate surface area is 131 Å². The predicted octanol–water partition coefficient (Wildman–Crippen LogP) is 3.06. The topological polar surface area (TPSA) is 54.4 Å². The van der Waals surface area contributed by atoms with Crippen LogP contribution in [0.4, 0.5) is 0 Å². The van der Waals surface area contributed by atoms with Crippen molar-refractivity contribution in [1.82, 2.24) is 10.3 Å². The van der Waals surface area contributed by atoms with Crippen molar-refractivity contribution in [3.63, 3.8) is 0 Å². The molecule has 2 heterocycles. The van der Waals surface area contributed by atoms with Crippen LogP contribution in [0.1, 0.15) is 37.9 Å². The van der Waals surface area contributed by atoms with E-state index in [1.54, 1.807) is 13.3 Å². The number of nitrogens with zero attached hydrogens (tertiary/aromatic N) is 1. The Bertz CT molecular complexity index is 636. The van der Waals surface area contributed by atoms with E-state index in [1.807, 2.05) is 24.3 Å². The number of aromatic nitrogens is 1. The smallest absolute Gasteiger partial charge is 0.119 e. The van der Waals surface area contributed by atoms with E-state index in [0.717, 1.165) is 41.1 Å². The summed E-state index contributed by atoms with van der Waals surface area (Å²) in [5.41, 5.74) is 1.82. The number of hydrogen-bond acceptors (Lipinski definition) is 4. The van der Waals surface area contributed by atoms with E-state index in [-0.39, 0.29) is 6.04 Å². The van der Waals surface area contributed by atoms with Gasteiger partial charge < -0.3 is 15.2 Å². The molecule has 3 rings (SSSR count). The zero-order chi connectivity index (χ0) is 15.5. The summed E-state index contributed by atoms with van der Waals surface area (Å²) < 4.78 is 5.31. The molecule has 1 aromatic heterocycles. The third kappa shape index (κ3) is 2.94. The Kier molecular flexibility index (Phi) is 4.60. The highest BCUT2D eigenvalue weighted by atomic mass is 16.5. The minimum atomic E-state index is -0.518. The average molecular weight is 300 g/mol. The summed E-state index contributed by atoms with van der Waals surface area (Å²) in [7, 11) is 1.65. The Morgan fingerprint density at radius 3 is 2.91 bits per heavy atom. The van der Waals surface area contributed by atoms with Gasteiger partial charge in [-0.15, -0.1) is 0 Å².